The minimum atomic E-state index is 0.117. The van der Waals surface area contributed by atoms with Crippen LogP contribution >= 0.6 is 0 Å². The van der Waals surface area contributed by atoms with Crippen LogP contribution in [0.15, 0.2) is 71.7 Å². The molecule has 1 aliphatic heterocycles. The van der Waals surface area contributed by atoms with Crippen molar-refractivity contribution in [3.8, 4) is 39.5 Å². The van der Waals surface area contributed by atoms with E-state index in [4.69, 9.17) is 15.1 Å². The van der Waals surface area contributed by atoms with Crippen molar-refractivity contribution in [2.24, 2.45) is 0 Å². The maximum absolute atomic E-state index is 10.8. The Hall–Kier alpha value is -4.63. The van der Waals surface area contributed by atoms with Crippen molar-refractivity contribution in [3.05, 3.63) is 67.3 Å². The molecule has 1 aliphatic rings. The lowest BCUT2D eigenvalue weighted by Crippen LogP contribution is -2.29. The number of aromatic amines is 1. The summed E-state index contributed by atoms with van der Waals surface area (Å²) in [5, 5.41) is 19.9. The van der Waals surface area contributed by atoms with Gasteiger partial charge in [0.05, 0.1) is 23.4 Å². The number of piperidine rings is 1. The second kappa shape index (κ2) is 8.49. The van der Waals surface area contributed by atoms with Crippen LogP contribution in [0.5, 0.6) is 5.75 Å². The first-order chi connectivity index (χ1) is 18.1. The van der Waals surface area contributed by atoms with Crippen molar-refractivity contribution in [2.45, 2.75) is 18.9 Å². The number of phenolic OH excluding ortho intramolecular Hbond substituents is 1. The van der Waals surface area contributed by atoms with Crippen LogP contribution in [0, 0.1) is 0 Å². The number of hydrogen-bond acceptors (Lipinski definition) is 7. The number of aromatic hydroxyl groups is 1. The summed E-state index contributed by atoms with van der Waals surface area (Å²) in [5.41, 5.74) is 12.2. The van der Waals surface area contributed by atoms with E-state index >= 15 is 0 Å². The predicted molar refractivity (Wildman–Crippen MR) is 143 cm³/mol. The van der Waals surface area contributed by atoms with Crippen LogP contribution in [-0.4, -0.2) is 42.9 Å². The number of nitrogens with zero attached hydrogens (tertiary/aromatic N) is 4. The third-order valence-corrected chi connectivity index (χ3v) is 7.15. The number of oxazole rings is 1. The van der Waals surface area contributed by atoms with Gasteiger partial charge in [0.25, 0.3) is 0 Å². The van der Waals surface area contributed by atoms with E-state index < -0.39 is 0 Å². The first-order valence-electron chi connectivity index (χ1n) is 12.4. The van der Waals surface area contributed by atoms with E-state index in [1.807, 2.05) is 47.4 Å². The second-order valence-corrected chi connectivity index (χ2v) is 9.45. The quantitative estimate of drug-likeness (QED) is 0.269. The molecule has 184 valence electrons. The van der Waals surface area contributed by atoms with Gasteiger partial charge in [-0.1, -0.05) is 12.1 Å². The van der Waals surface area contributed by atoms with Crippen molar-refractivity contribution in [1.29, 1.82) is 0 Å². The van der Waals surface area contributed by atoms with E-state index in [1.54, 1.807) is 18.3 Å². The minimum Gasteiger partial charge on any atom is -0.507 e. The first-order valence-corrected chi connectivity index (χ1v) is 12.4. The van der Waals surface area contributed by atoms with Gasteiger partial charge in [-0.05, 0) is 67.2 Å². The van der Waals surface area contributed by atoms with Crippen molar-refractivity contribution >= 4 is 27.8 Å². The van der Waals surface area contributed by atoms with E-state index in [-0.39, 0.29) is 5.75 Å². The largest absolute Gasteiger partial charge is 0.507 e. The highest BCUT2D eigenvalue weighted by atomic mass is 16.3. The molecular weight excluding hydrogens is 466 g/mol. The Morgan fingerprint density at radius 2 is 1.89 bits per heavy atom. The van der Waals surface area contributed by atoms with Crippen LogP contribution in [0.25, 0.3) is 55.7 Å². The van der Waals surface area contributed by atoms with Crippen LogP contribution in [0.4, 0.5) is 5.82 Å². The van der Waals surface area contributed by atoms with Crippen LogP contribution in [-0.2, 0) is 0 Å². The van der Waals surface area contributed by atoms with Crippen LogP contribution in [0.1, 0.15) is 18.9 Å². The van der Waals surface area contributed by atoms with Crippen molar-refractivity contribution in [1.82, 2.24) is 30.0 Å². The normalized spacial score (nSPS) is 14.6. The van der Waals surface area contributed by atoms with Crippen molar-refractivity contribution < 1.29 is 9.52 Å². The summed E-state index contributed by atoms with van der Waals surface area (Å²) < 4.78 is 8.30. The number of nitrogens with one attached hydrogen (secondary N) is 2. The highest BCUT2D eigenvalue weighted by Gasteiger charge is 2.20. The molecule has 9 heteroatoms. The van der Waals surface area contributed by atoms with Gasteiger partial charge in [-0.3, -0.25) is 4.68 Å². The first kappa shape index (κ1) is 21.6. The monoisotopic (exact) mass is 491 g/mol. The molecule has 0 bridgehead atoms. The van der Waals surface area contributed by atoms with Gasteiger partial charge >= 0.3 is 0 Å². The molecule has 0 aliphatic carbocycles. The summed E-state index contributed by atoms with van der Waals surface area (Å²) in [6.45, 7) is 2.00. The van der Waals surface area contributed by atoms with Gasteiger partial charge in [0.2, 0.25) is 5.89 Å². The zero-order valence-corrected chi connectivity index (χ0v) is 20.0. The number of hydrogen-bond donors (Lipinski definition) is 4. The lowest BCUT2D eigenvalue weighted by Gasteiger charge is -2.22. The van der Waals surface area contributed by atoms with Gasteiger partial charge in [-0.2, -0.15) is 5.10 Å². The molecule has 0 unspecified atom stereocenters. The molecule has 1 fully saturated rings. The molecule has 0 saturated carbocycles. The number of H-pyrrole nitrogens is 1. The lowest BCUT2D eigenvalue weighted by molar-refractivity contribution is 0.343. The highest BCUT2D eigenvalue weighted by Crippen LogP contribution is 2.40. The zero-order chi connectivity index (χ0) is 24.9. The van der Waals surface area contributed by atoms with Gasteiger partial charge in [-0.15, -0.1) is 0 Å². The average molecular weight is 492 g/mol. The Kier molecular flexibility index (Phi) is 4.97. The Morgan fingerprint density at radius 1 is 1.00 bits per heavy atom. The average Bonchev–Trinajstić information content (AvgIpc) is 3.68. The Morgan fingerprint density at radius 3 is 2.78 bits per heavy atom. The van der Waals surface area contributed by atoms with Gasteiger partial charge < -0.3 is 25.6 Å². The number of nitrogens with two attached hydrogens (primary N) is 1. The van der Waals surface area contributed by atoms with Crippen LogP contribution in [0.3, 0.4) is 0 Å². The summed E-state index contributed by atoms with van der Waals surface area (Å²) in [6, 6.07) is 13.7. The SMILES string of the molecule is Nc1ncc(-c2cnn(C3CCNCC3)c2)cc1-c1nc2ccc(O)c(-c3ccc4cc[nH]c4c3)c2o1. The smallest absolute Gasteiger partial charge is 0.231 e. The van der Waals surface area contributed by atoms with Crippen LogP contribution < -0.4 is 11.1 Å². The number of benzene rings is 2. The lowest BCUT2D eigenvalue weighted by atomic mass is 10.0. The van der Waals surface area contributed by atoms with Crippen molar-refractivity contribution in [2.75, 3.05) is 18.8 Å². The maximum atomic E-state index is 10.8. The summed E-state index contributed by atoms with van der Waals surface area (Å²) in [7, 11) is 0. The van der Waals surface area contributed by atoms with Gasteiger partial charge in [-0.25, -0.2) is 9.97 Å². The predicted octanol–water partition coefficient (Wildman–Crippen LogP) is 5.11. The summed E-state index contributed by atoms with van der Waals surface area (Å²) in [6.07, 6.45) is 9.67. The topological polar surface area (TPSA) is 131 Å². The Labute approximate surface area is 212 Å². The third kappa shape index (κ3) is 3.71. The molecular formula is C28H25N7O2. The molecule has 6 aromatic rings. The van der Waals surface area contributed by atoms with Crippen molar-refractivity contribution in [3.63, 3.8) is 0 Å². The fourth-order valence-electron chi connectivity index (χ4n) is 5.14. The van der Waals surface area contributed by atoms with Gasteiger partial charge in [0, 0.05) is 35.2 Å². The number of nitrogen functional groups attached to an aromatic ring is 1. The van der Waals surface area contributed by atoms with Gasteiger partial charge in [0.1, 0.15) is 17.1 Å². The van der Waals surface area contributed by atoms with Crippen LogP contribution in [0.2, 0.25) is 0 Å². The summed E-state index contributed by atoms with van der Waals surface area (Å²) >= 11 is 0. The molecule has 5 heterocycles. The fourth-order valence-corrected chi connectivity index (χ4v) is 5.14. The fraction of sp³-hybridized carbons (Fsp3) is 0.179. The molecule has 0 radical (unpaired) electrons. The molecule has 4 aromatic heterocycles. The second-order valence-electron chi connectivity index (χ2n) is 9.45. The number of pyridine rings is 1. The van der Waals surface area contributed by atoms with E-state index in [1.165, 1.54) is 0 Å². The maximum Gasteiger partial charge on any atom is 0.231 e. The highest BCUT2D eigenvalue weighted by molar-refractivity contribution is 5.97. The molecule has 0 spiro atoms. The number of anilines is 1. The van der Waals surface area contributed by atoms with E-state index in [2.05, 4.69) is 26.6 Å². The number of fused-ring (bicyclic) bond motifs is 2. The van der Waals surface area contributed by atoms with Gasteiger partial charge in [0.15, 0.2) is 5.58 Å². The zero-order valence-electron chi connectivity index (χ0n) is 20.0. The molecule has 0 atom stereocenters. The Bertz CT molecular complexity index is 1760. The molecule has 5 N–H and O–H groups in total. The van der Waals surface area contributed by atoms with E-state index in [0.717, 1.165) is 53.5 Å². The number of phenols is 1. The third-order valence-electron chi connectivity index (χ3n) is 7.15. The number of aromatic nitrogens is 5. The molecule has 7 rings (SSSR count). The molecule has 0 amide bonds. The van der Waals surface area contributed by atoms with E-state index in [9.17, 15) is 5.11 Å². The molecule has 2 aromatic carbocycles. The standard InChI is InChI=1S/C28H25N7O2/c29-27-21(11-18(13-32-27)19-14-33-35(15-19)20-6-8-30-9-7-20)28-34-22-3-4-24(36)25(26(22)37-28)17-2-1-16-5-10-31-23(16)12-17/h1-5,10-15,20,30-31,36H,6-9H2,(H2,29,32). The summed E-state index contributed by atoms with van der Waals surface area (Å²) in [5.74, 6) is 0.784. The Balaban J connectivity index is 1.30. The minimum absolute atomic E-state index is 0.117. The molecule has 37 heavy (non-hydrogen) atoms. The molecule has 9 nitrogen and oxygen atoms in total. The number of rotatable bonds is 4. The summed E-state index contributed by atoms with van der Waals surface area (Å²) in [4.78, 5) is 12.3. The van der Waals surface area contributed by atoms with E-state index in [0.29, 0.717) is 40.0 Å². The molecule has 1 saturated heterocycles.